The summed E-state index contributed by atoms with van der Waals surface area (Å²) in [5.41, 5.74) is 1.27. The highest BCUT2D eigenvalue weighted by molar-refractivity contribution is 7.99. The van der Waals surface area contributed by atoms with Gasteiger partial charge in [-0.1, -0.05) is 42.1 Å². The van der Waals surface area contributed by atoms with E-state index in [9.17, 15) is 14.0 Å². The summed E-state index contributed by atoms with van der Waals surface area (Å²) in [5, 5.41) is 1.07. The summed E-state index contributed by atoms with van der Waals surface area (Å²) in [6.07, 6.45) is 0. The number of amides is 1. The Morgan fingerprint density at radius 1 is 1.13 bits per heavy atom. The van der Waals surface area contributed by atoms with E-state index < -0.39 is 11.4 Å². The Bertz CT molecular complexity index is 1340. The van der Waals surface area contributed by atoms with E-state index in [1.54, 1.807) is 17.0 Å². The van der Waals surface area contributed by atoms with Gasteiger partial charge in [0.25, 0.3) is 5.56 Å². The van der Waals surface area contributed by atoms with Gasteiger partial charge in [0.05, 0.1) is 24.7 Å². The molecule has 0 spiro atoms. The van der Waals surface area contributed by atoms with E-state index >= 15 is 0 Å². The molecule has 1 amide bonds. The summed E-state index contributed by atoms with van der Waals surface area (Å²) < 4.78 is 21.2. The number of aromatic nitrogens is 3. The van der Waals surface area contributed by atoms with Crippen LogP contribution in [0.3, 0.4) is 0 Å². The van der Waals surface area contributed by atoms with Crippen molar-refractivity contribution < 1.29 is 13.9 Å². The van der Waals surface area contributed by atoms with Crippen molar-refractivity contribution in [3.8, 4) is 5.69 Å². The number of carbonyl (C=O) groups excluding carboxylic acids is 1. The highest BCUT2D eigenvalue weighted by Gasteiger charge is 2.22. The molecule has 3 heterocycles. The lowest BCUT2D eigenvalue weighted by molar-refractivity contribution is -0.132. The summed E-state index contributed by atoms with van der Waals surface area (Å²) in [7, 11) is 0. The monoisotopic (exact) mass is 438 g/mol. The number of halogens is 1. The van der Waals surface area contributed by atoms with Crippen molar-refractivity contribution in [3.05, 3.63) is 64.7 Å². The number of hydrogen-bond acceptors (Lipinski definition) is 5. The van der Waals surface area contributed by atoms with Gasteiger partial charge < -0.3 is 14.6 Å². The molecule has 0 unspecified atom stereocenters. The molecule has 1 N–H and O–H groups in total. The van der Waals surface area contributed by atoms with Gasteiger partial charge in [-0.2, -0.15) is 0 Å². The SMILES string of the molecule is O=C(CSc1nc2c([nH]c3ccccc32)c(=O)n1-c1ccccc1F)N1CCOCC1. The van der Waals surface area contributed by atoms with E-state index in [2.05, 4.69) is 4.98 Å². The maximum atomic E-state index is 14.6. The molecular weight excluding hydrogens is 419 g/mol. The Balaban J connectivity index is 1.63. The number of hydrogen-bond donors (Lipinski definition) is 1. The smallest absolute Gasteiger partial charge is 0.283 e. The first-order valence-electron chi connectivity index (χ1n) is 9.90. The van der Waals surface area contributed by atoms with E-state index in [0.717, 1.165) is 22.7 Å². The average Bonchev–Trinajstić information content (AvgIpc) is 3.18. The number of nitrogens with zero attached hydrogens (tertiary/aromatic N) is 3. The number of H-pyrrole nitrogens is 1. The van der Waals surface area contributed by atoms with Gasteiger partial charge in [0.1, 0.15) is 16.9 Å². The largest absolute Gasteiger partial charge is 0.378 e. The van der Waals surface area contributed by atoms with Crippen LogP contribution in [0.4, 0.5) is 4.39 Å². The number of carbonyl (C=O) groups is 1. The molecule has 0 aliphatic carbocycles. The molecule has 0 atom stereocenters. The zero-order chi connectivity index (χ0) is 21.4. The second kappa shape index (κ2) is 8.16. The van der Waals surface area contributed by atoms with Crippen molar-refractivity contribution in [2.45, 2.75) is 5.16 Å². The van der Waals surface area contributed by atoms with E-state index in [0.29, 0.717) is 37.3 Å². The summed E-state index contributed by atoms with van der Waals surface area (Å²) in [4.78, 5) is 35.6. The van der Waals surface area contributed by atoms with Crippen molar-refractivity contribution in [2.24, 2.45) is 0 Å². The number of morpholine rings is 1. The van der Waals surface area contributed by atoms with Crippen LogP contribution in [0.1, 0.15) is 0 Å². The summed E-state index contributed by atoms with van der Waals surface area (Å²) >= 11 is 1.13. The second-order valence-corrected chi connectivity index (χ2v) is 8.10. The zero-order valence-corrected chi connectivity index (χ0v) is 17.3. The maximum Gasteiger partial charge on any atom is 0.283 e. The van der Waals surface area contributed by atoms with E-state index in [1.165, 1.54) is 16.7 Å². The molecular formula is C22H19FN4O3S. The van der Waals surface area contributed by atoms with Crippen molar-refractivity contribution in [3.63, 3.8) is 0 Å². The number of aromatic amines is 1. The molecule has 2 aromatic heterocycles. The Kier molecular flexibility index (Phi) is 5.21. The normalized spacial score (nSPS) is 14.4. The highest BCUT2D eigenvalue weighted by atomic mass is 32.2. The van der Waals surface area contributed by atoms with Crippen LogP contribution >= 0.6 is 11.8 Å². The third-order valence-corrected chi connectivity index (χ3v) is 6.20. The van der Waals surface area contributed by atoms with Crippen molar-refractivity contribution >= 4 is 39.6 Å². The van der Waals surface area contributed by atoms with Gasteiger partial charge in [0, 0.05) is 24.0 Å². The quantitative estimate of drug-likeness (QED) is 0.391. The fourth-order valence-electron chi connectivity index (χ4n) is 3.72. The van der Waals surface area contributed by atoms with Crippen molar-refractivity contribution in [1.29, 1.82) is 0 Å². The third kappa shape index (κ3) is 3.60. The number of thioether (sulfide) groups is 1. The predicted molar refractivity (Wildman–Crippen MR) is 117 cm³/mol. The number of ether oxygens (including phenoxy) is 1. The van der Waals surface area contributed by atoms with Crippen LogP contribution in [0.25, 0.3) is 27.6 Å². The molecule has 31 heavy (non-hydrogen) atoms. The van der Waals surface area contributed by atoms with Gasteiger partial charge in [0.15, 0.2) is 5.16 Å². The van der Waals surface area contributed by atoms with Crippen LogP contribution in [-0.4, -0.2) is 57.4 Å². The van der Waals surface area contributed by atoms with E-state index in [-0.39, 0.29) is 22.5 Å². The van der Waals surface area contributed by atoms with Crippen LogP contribution in [0.2, 0.25) is 0 Å². The first kappa shape index (κ1) is 19.8. The lowest BCUT2D eigenvalue weighted by Gasteiger charge is -2.26. The molecule has 1 aliphatic heterocycles. The van der Waals surface area contributed by atoms with Crippen LogP contribution in [-0.2, 0) is 9.53 Å². The van der Waals surface area contributed by atoms with E-state index in [1.807, 2.05) is 24.3 Å². The lowest BCUT2D eigenvalue weighted by Crippen LogP contribution is -2.41. The molecule has 0 radical (unpaired) electrons. The first-order valence-corrected chi connectivity index (χ1v) is 10.9. The first-order chi connectivity index (χ1) is 15.1. The van der Waals surface area contributed by atoms with Crippen LogP contribution in [0.5, 0.6) is 0 Å². The standard InChI is InChI=1S/C22H19FN4O3S/c23-15-6-2-4-8-17(15)27-21(29)20-19(14-5-1-3-7-16(14)24-20)25-22(27)31-13-18(28)26-9-11-30-12-10-26/h1-8,24H,9-13H2. The molecule has 9 heteroatoms. The van der Waals surface area contributed by atoms with Gasteiger partial charge in [0.2, 0.25) is 5.91 Å². The molecule has 7 nitrogen and oxygen atoms in total. The minimum Gasteiger partial charge on any atom is -0.378 e. The van der Waals surface area contributed by atoms with Crippen LogP contribution in [0, 0.1) is 5.82 Å². The molecule has 158 valence electrons. The molecule has 0 saturated carbocycles. The topological polar surface area (TPSA) is 80.2 Å². The second-order valence-electron chi connectivity index (χ2n) is 7.16. The maximum absolute atomic E-state index is 14.6. The summed E-state index contributed by atoms with van der Waals surface area (Å²) in [5.74, 6) is -0.515. The van der Waals surface area contributed by atoms with Crippen molar-refractivity contribution in [1.82, 2.24) is 19.4 Å². The van der Waals surface area contributed by atoms with Gasteiger partial charge in [-0.15, -0.1) is 0 Å². The molecule has 2 aromatic carbocycles. The van der Waals surface area contributed by atoms with Gasteiger partial charge in [-0.25, -0.2) is 9.37 Å². The Morgan fingerprint density at radius 3 is 2.68 bits per heavy atom. The van der Waals surface area contributed by atoms with Crippen LogP contribution in [0.15, 0.2) is 58.5 Å². The van der Waals surface area contributed by atoms with Crippen molar-refractivity contribution in [2.75, 3.05) is 32.1 Å². The van der Waals surface area contributed by atoms with Crippen LogP contribution < -0.4 is 5.56 Å². The summed E-state index contributed by atoms with van der Waals surface area (Å²) in [6, 6.07) is 13.5. The molecule has 1 fully saturated rings. The third-order valence-electron chi connectivity index (χ3n) is 5.28. The molecule has 1 saturated heterocycles. The van der Waals surface area contributed by atoms with Gasteiger partial charge >= 0.3 is 0 Å². The number of fused-ring (bicyclic) bond motifs is 3. The number of benzene rings is 2. The fraction of sp³-hybridized carbons (Fsp3) is 0.227. The molecule has 1 aliphatic rings. The number of para-hydroxylation sites is 2. The minimum atomic E-state index is -0.539. The number of nitrogens with one attached hydrogen (secondary N) is 1. The molecule has 0 bridgehead atoms. The number of rotatable bonds is 4. The molecule has 5 rings (SSSR count). The minimum absolute atomic E-state index is 0.0679. The van der Waals surface area contributed by atoms with Gasteiger partial charge in [-0.3, -0.25) is 14.2 Å². The average molecular weight is 438 g/mol. The lowest BCUT2D eigenvalue weighted by atomic mass is 10.2. The highest BCUT2D eigenvalue weighted by Crippen LogP contribution is 2.27. The zero-order valence-electron chi connectivity index (χ0n) is 16.5. The fourth-order valence-corrected chi connectivity index (χ4v) is 4.62. The Hall–Kier alpha value is -3.17. The predicted octanol–water partition coefficient (Wildman–Crippen LogP) is 2.96. The Labute approximate surface area is 180 Å². The molecule has 4 aromatic rings. The Morgan fingerprint density at radius 2 is 1.87 bits per heavy atom. The van der Waals surface area contributed by atoms with Gasteiger partial charge in [-0.05, 0) is 18.2 Å². The summed E-state index contributed by atoms with van der Waals surface area (Å²) in [6.45, 7) is 2.09. The van der Waals surface area contributed by atoms with E-state index in [4.69, 9.17) is 9.72 Å².